The van der Waals surface area contributed by atoms with Crippen LogP contribution in [0.2, 0.25) is 0 Å². The van der Waals surface area contributed by atoms with Gasteiger partial charge in [0.2, 0.25) is 0 Å². The molecule has 0 saturated carbocycles. The Morgan fingerprint density at radius 3 is 2.88 bits per heavy atom. The summed E-state index contributed by atoms with van der Waals surface area (Å²) < 4.78 is 7.08. The summed E-state index contributed by atoms with van der Waals surface area (Å²) in [4.78, 5) is 21.0. The Bertz CT molecular complexity index is 893. The number of ether oxygens (including phenoxy) is 1. The van der Waals surface area contributed by atoms with E-state index in [4.69, 9.17) is 4.74 Å². The van der Waals surface area contributed by atoms with Gasteiger partial charge in [-0.05, 0) is 38.1 Å². The SMILES string of the molecule is COc1ccc(C)nc1-c1cccc(C(=O)N[C@H](C)Cn2cncn2)c1. The number of amides is 1. The number of aryl methyl sites for hydroxylation is 1. The maximum Gasteiger partial charge on any atom is 0.251 e. The highest BCUT2D eigenvalue weighted by Gasteiger charge is 2.14. The predicted molar refractivity (Wildman–Crippen MR) is 97.9 cm³/mol. The van der Waals surface area contributed by atoms with Gasteiger partial charge >= 0.3 is 0 Å². The first-order valence-corrected chi connectivity index (χ1v) is 8.32. The molecule has 1 aromatic carbocycles. The van der Waals surface area contributed by atoms with Crippen molar-refractivity contribution in [2.24, 2.45) is 0 Å². The van der Waals surface area contributed by atoms with Crippen LogP contribution >= 0.6 is 0 Å². The van der Waals surface area contributed by atoms with Crippen LogP contribution < -0.4 is 10.1 Å². The number of nitrogens with one attached hydrogen (secondary N) is 1. The van der Waals surface area contributed by atoms with Gasteiger partial charge in [0.25, 0.3) is 5.91 Å². The molecule has 0 bridgehead atoms. The third kappa shape index (κ3) is 4.05. The maximum absolute atomic E-state index is 12.6. The second-order valence-corrected chi connectivity index (χ2v) is 6.08. The molecule has 2 aromatic heterocycles. The molecule has 0 aliphatic rings. The van der Waals surface area contributed by atoms with Gasteiger partial charge in [-0.1, -0.05) is 12.1 Å². The summed E-state index contributed by atoms with van der Waals surface area (Å²) in [6, 6.07) is 11.1. The fourth-order valence-electron chi connectivity index (χ4n) is 2.68. The van der Waals surface area contributed by atoms with E-state index in [1.54, 1.807) is 24.2 Å². The predicted octanol–water partition coefficient (Wildman–Crippen LogP) is 2.48. The molecule has 0 saturated heterocycles. The monoisotopic (exact) mass is 351 g/mol. The van der Waals surface area contributed by atoms with Gasteiger partial charge in [-0.15, -0.1) is 0 Å². The number of pyridine rings is 1. The highest BCUT2D eigenvalue weighted by molar-refractivity contribution is 5.95. The first-order valence-electron chi connectivity index (χ1n) is 8.32. The number of carbonyl (C=O) groups is 1. The molecular weight excluding hydrogens is 330 g/mol. The van der Waals surface area contributed by atoms with Crippen molar-refractivity contribution in [3.05, 3.63) is 60.3 Å². The summed E-state index contributed by atoms with van der Waals surface area (Å²) >= 11 is 0. The zero-order chi connectivity index (χ0) is 18.5. The van der Waals surface area contributed by atoms with Gasteiger partial charge in [0, 0.05) is 22.9 Å². The Kier molecular flexibility index (Phi) is 5.26. The second kappa shape index (κ2) is 7.77. The van der Waals surface area contributed by atoms with Gasteiger partial charge in [0.1, 0.15) is 24.1 Å². The first kappa shape index (κ1) is 17.6. The van der Waals surface area contributed by atoms with E-state index in [0.29, 0.717) is 17.9 Å². The molecule has 0 spiro atoms. The minimum Gasteiger partial charge on any atom is -0.494 e. The van der Waals surface area contributed by atoms with Gasteiger partial charge in [-0.3, -0.25) is 9.48 Å². The fraction of sp³-hybridized carbons (Fsp3) is 0.263. The maximum atomic E-state index is 12.6. The smallest absolute Gasteiger partial charge is 0.251 e. The highest BCUT2D eigenvalue weighted by atomic mass is 16.5. The number of carbonyl (C=O) groups excluding carboxylic acids is 1. The summed E-state index contributed by atoms with van der Waals surface area (Å²) in [5.74, 6) is 0.527. The summed E-state index contributed by atoms with van der Waals surface area (Å²) in [5.41, 5.74) is 3.01. The number of nitrogens with zero attached hydrogens (tertiary/aromatic N) is 4. The van der Waals surface area contributed by atoms with E-state index in [1.165, 1.54) is 6.33 Å². The van der Waals surface area contributed by atoms with Crippen LogP contribution in [0.25, 0.3) is 11.3 Å². The molecule has 0 radical (unpaired) electrons. The molecule has 7 nitrogen and oxygen atoms in total. The van der Waals surface area contributed by atoms with Gasteiger partial charge in [0.05, 0.1) is 13.7 Å². The quantitative estimate of drug-likeness (QED) is 0.738. The molecule has 0 aliphatic carbocycles. The molecule has 3 aromatic rings. The molecular formula is C19H21N5O2. The fourth-order valence-corrected chi connectivity index (χ4v) is 2.68. The van der Waals surface area contributed by atoms with Crippen LogP contribution in [0.1, 0.15) is 23.0 Å². The van der Waals surface area contributed by atoms with Crippen LogP contribution in [0.3, 0.4) is 0 Å². The lowest BCUT2D eigenvalue weighted by atomic mass is 10.1. The average Bonchev–Trinajstić information content (AvgIpc) is 3.14. The lowest BCUT2D eigenvalue weighted by Gasteiger charge is -2.14. The highest BCUT2D eigenvalue weighted by Crippen LogP contribution is 2.28. The van der Waals surface area contributed by atoms with Crippen LogP contribution in [0.4, 0.5) is 0 Å². The number of methoxy groups -OCH3 is 1. The topological polar surface area (TPSA) is 81.9 Å². The van der Waals surface area contributed by atoms with Gasteiger partial charge in [-0.25, -0.2) is 9.97 Å². The summed E-state index contributed by atoms with van der Waals surface area (Å²) in [6.45, 7) is 4.40. The first-order chi connectivity index (χ1) is 12.6. The Balaban J connectivity index is 1.78. The van der Waals surface area contributed by atoms with Crippen LogP contribution in [0.5, 0.6) is 5.75 Å². The van der Waals surface area contributed by atoms with Crippen molar-refractivity contribution in [1.82, 2.24) is 25.1 Å². The molecule has 1 atom stereocenters. The van der Waals surface area contributed by atoms with Gasteiger partial charge in [0.15, 0.2) is 0 Å². The summed E-state index contributed by atoms with van der Waals surface area (Å²) in [5, 5.41) is 7.02. The van der Waals surface area contributed by atoms with Gasteiger partial charge < -0.3 is 10.1 Å². The third-order valence-electron chi connectivity index (χ3n) is 3.92. The lowest BCUT2D eigenvalue weighted by Crippen LogP contribution is -2.35. The Labute approximate surface area is 152 Å². The van der Waals surface area contributed by atoms with Crippen LogP contribution in [-0.2, 0) is 6.54 Å². The van der Waals surface area contributed by atoms with Gasteiger partial charge in [-0.2, -0.15) is 5.10 Å². The Morgan fingerprint density at radius 1 is 1.31 bits per heavy atom. The van der Waals surface area contributed by atoms with E-state index in [1.807, 2.05) is 44.2 Å². The molecule has 0 aliphatic heterocycles. The average molecular weight is 351 g/mol. The molecule has 7 heteroatoms. The molecule has 0 unspecified atom stereocenters. The Morgan fingerprint density at radius 2 is 2.15 bits per heavy atom. The molecule has 26 heavy (non-hydrogen) atoms. The van der Waals surface area contributed by atoms with Crippen LogP contribution in [0.15, 0.2) is 49.1 Å². The van der Waals surface area contributed by atoms with Crippen LogP contribution in [-0.4, -0.2) is 38.8 Å². The van der Waals surface area contributed by atoms with Crippen molar-refractivity contribution in [3.8, 4) is 17.0 Å². The molecule has 0 fully saturated rings. The molecule has 1 N–H and O–H groups in total. The van der Waals surface area contributed by atoms with Crippen molar-refractivity contribution in [1.29, 1.82) is 0 Å². The number of aromatic nitrogens is 4. The molecule has 3 rings (SSSR count). The molecule has 134 valence electrons. The number of hydrogen-bond acceptors (Lipinski definition) is 5. The lowest BCUT2D eigenvalue weighted by molar-refractivity contribution is 0.0936. The van der Waals surface area contributed by atoms with E-state index < -0.39 is 0 Å². The zero-order valence-electron chi connectivity index (χ0n) is 15.0. The molecule has 2 heterocycles. The third-order valence-corrected chi connectivity index (χ3v) is 3.92. The Hall–Kier alpha value is -3.22. The van der Waals surface area contributed by atoms with E-state index in [2.05, 4.69) is 20.4 Å². The van der Waals surface area contributed by atoms with Crippen molar-refractivity contribution in [2.45, 2.75) is 26.4 Å². The van der Waals surface area contributed by atoms with Crippen LogP contribution in [0, 0.1) is 6.92 Å². The summed E-state index contributed by atoms with van der Waals surface area (Å²) in [7, 11) is 1.61. The summed E-state index contributed by atoms with van der Waals surface area (Å²) in [6.07, 6.45) is 3.10. The van der Waals surface area contributed by atoms with E-state index >= 15 is 0 Å². The van der Waals surface area contributed by atoms with Crippen molar-refractivity contribution < 1.29 is 9.53 Å². The second-order valence-electron chi connectivity index (χ2n) is 6.08. The largest absolute Gasteiger partial charge is 0.494 e. The minimum absolute atomic E-state index is 0.0838. The minimum atomic E-state index is -0.147. The number of rotatable bonds is 6. The van der Waals surface area contributed by atoms with E-state index in [0.717, 1.165) is 17.0 Å². The van der Waals surface area contributed by atoms with Crippen molar-refractivity contribution in [3.63, 3.8) is 0 Å². The normalized spacial score (nSPS) is 11.8. The van der Waals surface area contributed by atoms with Crippen molar-refractivity contribution in [2.75, 3.05) is 7.11 Å². The van der Waals surface area contributed by atoms with Crippen molar-refractivity contribution >= 4 is 5.91 Å². The number of benzene rings is 1. The van der Waals surface area contributed by atoms with E-state index in [9.17, 15) is 4.79 Å². The molecule has 1 amide bonds. The number of hydrogen-bond donors (Lipinski definition) is 1. The van der Waals surface area contributed by atoms with E-state index in [-0.39, 0.29) is 11.9 Å². The zero-order valence-corrected chi connectivity index (χ0v) is 15.0. The standard InChI is InChI=1S/C19H21N5O2/c1-13-7-8-17(26-3)18(22-13)15-5-4-6-16(9-15)19(25)23-14(2)10-24-12-20-11-21-24/h4-9,11-12,14H,10H2,1-3H3,(H,23,25)/t14-/m1/s1.